The van der Waals surface area contributed by atoms with E-state index in [1.54, 1.807) is 12.1 Å². The van der Waals surface area contributed by atoms with Crippen molar-refractivity contribution in [1.29, 1.82) is 0 Å². The standard InChI is InChI=1S/C13H14N2O5/c1-20-6-10(13(18)19)15-12(17)7-2-3-9-8(4-7)5-11(16)14-9/h2-4,10H,5-6H2,1H3,(H,14,16)(H,15,17)(H,18,19). The van der Waals surface area contributed by atoms with E-state index in [0.717, 1.165) is 5.56 Å². The lowest BCUT2D eigenvalue weighted by molar-refractivity contribution is -0.140. The summed E-state index contributed by atoms with van der Waals surface area (Å²) >= 11 is 0. The van der Waals surface area contributed by atoms with Gasteiger partial charge in [-0.25, -0.2) is 4.79 Å². The van der Waals surface area contributed by atoms with E-state index in [4.69, 9.17) is 9.84 Å². The third-order valence-electron chi connectivity index (χ3n) is 2.93. The molecular weight excluding hydrogens is 264 g/mol. The third-order valence-corrected chi connectivity index (χ3v) is 2.93. The number of hydrogen-bond donors (Lipinski definition) is 3. The van der Waals surface area contributed by atoms with Crippen LogP contribution in [0, 0.1) is 0 Å². The number of carboxylic acids is 1. The molecule has 2 rings (SSSR count). The van der Waals surface area contributed by atoms with E-state index >= 15 is 0 Å². The highest BCUT2D eigenvalue weighted by Crippen LogP contribution is 2.23. The number of amides is 2. The summed E-state index contributed by atoms with van der Waals surface area (Å²) in [7, 11) is 1.36. The quantitative estimate of drug-likeness (QED) is 0.703. The Labute approximate surface area is 114 Å². The molecule has 0 aliphatic carbocycles. The molecule has 0 radical (unpaired) electrons. The number of anilines is 1. The first-order valence-corrected chi connectivity index (χ1v) is 5.96. The second-order valence-electron chi connectivity index (χ2n) is 4.42. The number of benzene rings is 1. The fourth-order valence-electron chi connectivity index (χ4n) is 1.95. The first-order valence-electron chi connectivity index (χ1n) is 5.96. The number of fused-ring (bicyclic) bond motifs is 1. The average molecular weight is 278 g/mol. The molecular formula is C13H14N2O5. The Hall–Kier alpha value is -2.41. The molecule has 3 N–H and O–H groups in total. The van der Waals surface area contributed by atoms with Crippen LogP contribution in [0.25, 0.3) is 0 Å². The van der Waals surface area contributed by atoms with Gasteiger partial charge in [-0.05, 0) is 23.8 Å². The van der Waals surface area contributed by atoms with Crippen molar-refractivity contribution in [3.8, 4) is 0 Å². The van der Waals surface area contributed by atoms with Crippen LogP contribution in [0.2, 0.25) is 0 Å². The summed E-state index contributed by atoms with van der Waals surface area (Å²) in [4.78, 5) is 34.1. The number of carbonyl (C=O) groups excluding carboxylic acids is 2. The molecule has 0 bridgehead atoms. The molecule has 1 aromatic carbocycles. The topological polar surface area (TPSA) is 105 Å². The lowest BCUT2D eigenvalue weighted by Gasteiger charge is -2.13. The van der Waals surface area contributed by atoms with Crippen molar-refractivity contribution in [2.24, 2.45) is 0 Å². The van der Waals surface area contributed by atoms with Crippen molar-refractivity contribution >= 4 is 23.5 Å². The Balaban J connectivity index is 2.12. The molecule has 7 nitrogen and oxygen atoms in total. The zero-order chi connectivity index (χ0) is 14.7. The SMILES string of the molecule is COCC(NC(=O)c1ccc2c(c1)CC(=O)N2)C(=O)O. The number of hydrogen-bond acceptors (Lipinski definition) is 4. The Morgan fingerprint density at radius 2 is 2.25 bits per heavy atom. The van der Waals surface area contributed by atoms with E-state index in [2.05, 4.69) is 10.6 Å². The van der Waals surface area contributed by atoms with Crippen molar-refractivity contribution in [1.82, 2.24) is 5.32 Å². The van der Waals surface area contributed by atoms with Gasteiger partial charge in [0.25, 0.3) is 5.91 Å². The van der Waals surface area contributed by atoms with Crippen molar-refractivity contribution < 1.29 is 24.2 Å². The van der Waals surface area contributed by atoms with Crippen LogP contribution in [0.1, 0.15) is 15.9 Å². The molecule has 106 valence electrons. The van der Waals surface area contributed by atoms with Gasteiger partial charge in [-0.3, -0.25) is 9.59 Å². The molecule has 7 heteroatoms. The summed E-state index contributed by atoms with van der Waals surface area (Å²) in [5.41, 5.74) is 1.71. The van der Waals surface area contributed by atoms with E-state index in [0.29, 0.717) is 11.3 Å². The Morgan fingerprint density at radius 1 is 1.50 bits per heavy atom. The van der Waals surface area contributed by atoms with Crippen LogP contribution in [0.3, 0.4) is 0 Å². The Bertz CT molecular complexity index is 570. The molecule has 0 fully saturated rings. The Kier molecular flexibility index (Phi) is 3.99. The van der Waals surface area contributed by atoms with Gasteiger partial charge in [0.1, 0.15) is 0 Å². The Morgan fingerprint density at radius 3 is 2.90 bits per heavy atom. The second kappa shape index (κ2) is 5.70. The maximum Gasteiger partial charge on any atom is 0.328 e. The van der Waals surface area contributed by atoms with Gasteiger partial charge in [0.2, 0.25) is 5.91 Å². The van der Waals surface area contributed by atoms with Gasteiger partial charge in [-0.1, -0.05) is 0 Å². The molecule has 1 aliphatic rings. The predicted molar refractivity (Wildman–Crippen MR) is 69.5 cm³/mol. The minimum Gasteiger partial charge on any atom is -0.480 e. The van der Waals surface area contributed by atoms with Crippen molar-refractivity contribution in [2.75, 3.05) is 19.0 Å². The predicted octanol–water partition coefficient (Wildman–Crippen LogP) is 0.0106. The van der Waals surface area contributed by atoms with Gasteiger partial charge in [0.15, 0.2) is 6.04 Å². The van der Waals surface area contributed by atoms with Crippen LogP contribution < -0.4 is 10.6 Å². The van der Waals surface area contributed by atoms with Crippen LogP contribution in [0.4, 0.5) is 5.69 Å². The lowest BCUT2D eigenvalue weighted by atomic mass is 10.1. The lowest BCUT2D eigenvalue weighted by Crippen LogP contribution is -2.43. The molecule has 0 saturated carbocycles. The second-order valence-corrected chi connectivity index (χ2v) is 4.42. The molecule has 0 spiro atoms. The van der Waals surface area contributed by atoms with E-state index in [-0.39, 0.29) is 18.9 Å². The summed E-state index contributed by atoms with van der Waals surface area (Å²) in [6, 6.07) is 3.63. The van der Waals surface area contributed by atoms with Crippen LogP contribution >= 0.6 is 0 Å². The van der Waals surface area contributed by atoms with Crippen LogP contribution in [0.5, 0.6) is 0 Å². The molecule has 1 aliphatic heterocycles. The van der Waals surface area contributed by atoms with E-state index in [1.165, 1.54) is 13.2 Å². The highest BCUT2D eigenvalue weighted by molar-refractivity contribution is 6.02. The monoisotopic (exact) mass is 278 g/mol. The van der Waals surface area contributed by atoms with Crippen LogP contribution in [-0.4, -0.2) is 42.6 Å². The molecule has 1 aromatic rings. The molecule has 1 unspecified atom stereocenters. The van der Waals surface area contributed by atoms with Gasteiger partial charge in [0, 0.05) is 18.4 Å². The normalized spacial score (nSPS) is 14.3. The molecule has 1 heterocycles. The van der Waals surface area contributed by atoms with E-state index in [9.17, 15) is 14.4 Å². The highest BCUT2D eigenvalue weighted by atomic mass is 16.5. The molecule has 20 heavy (non-hydrogen) atoms. The van der Waals surface area contributed by atoms with Crippen LogP contribution in [-0.2, 0) is 20.7 Å². The first-order chi connectivity index (χ1) is 9.51. The number of carbonyl (C=O) groups is 3. The minimum atomic E-state index is -1.17. The van der Waals surface area contributed by atoms with E-state index < -0.39 is 17.9 Å². The van der Waals surface area contributed by atoms with E-state index in [1.807, 2.05) is 0 Å². The maximum absolute atomic E-state index is 12.0. The molecule has 0 aromatic heterocycles. The largest absolute Gasteiger partial charge is 0.480 e. The number of rotatable bonds is 5. The van der Waals surface area contributed by atoms with Crippen molar-refractivity contribution in [2.45, 2.75) is 12.5 Å². The fraction of sp³-hybridized carbons (Fsp3) is 0.308. The van der Waals surface area contributed by atoms with Gasteiger partial charge >= 0.3 is 5.97 Å². The minimum absolute atomic E-state index is 0.119. The third kappa shape index (κ3) is 2.94. The van der Waals surface area contributed by atoms with Gasteiger partial charge in [-0.2, -0.15) is 0 Å². The number of aliphatic carboxylic acids is 1. The zero-order valence-electron chi connectivity index (χ0n) is 10.8. The number of ether oxygens (including phenoxy) is 1. The van der Waals surface area contributed by atoms with Crippen LogP contribution in [0.15, 0.2) is 18.2 Å². The molecule has 1 atom stereocenters. The highest BCUT2D eigenvalue weighted by Gasteiger charge is 2.23. The van der Waals surface area contributed by atoms with Gasteiger partial charge in [0.05, 0.1) is 13.0 Å². The average Bonchev–Trinajstić information content (AvgIpc) is 2.76. The van der Waals surface area contributed by atoms with Gasteiger partial charge in [-0.15, -0.1) is 0 Å². The summed E-state index contributed by atoms with van der Waals surface area (Å²) in [5.74, 6) is -1.81. The number of carboxylic acid groups (broad SMARTS) is 1. The van der Waals surface area contributed by atoms with Crippen molar-refractivity contribution in [3.63, 3.8) is 0 Å². The number of nitrogens with one attached hydrogen (secondary N) is 2. The number of methoxy groups -OCH3 is 1. The first kappa shape index (κ1) is 14.0. The smallest absolute Gasteiger partial charge is 0.328 e. The summed E-state index contributed by atoms with van der Waals surface area (Å²) in [6.45, 7) is -0.119. The summed E-state index contributed by atoms with van der Waals surface area (Å²) in [6.07, 6.45) is 0.219. The van der Waals surface area contributed by atoms with Gasteiger partial charge < -0.3 is 20.5 Å². The zero-order valence-corrected chi connectivity index (χ0v) is 10.8. The summed E-state index contributed by atoms with van der Waals surface area (Å²) < 4.78 is 4.74. The fourth-order valence-corrected chi connectivity index (χ4v) is 1.95. The molecule has 0 saturated heterocycles. The summed E-state index contributed by atoms with van der Waals surface area (Å²) in [5, 5.41) is 14.0. The van der Waals surface area contributed by atoms with Crippen molar-refractivity contribution in [3.05, 3.63) is 29.3 Å². The molecule has 2 amide bonds. The maximum atomic E-state index is 12.0.